The van der Waals surface area contributed by atoms with Crippen LogP contribution in [-0.2, 0) is 0 Å². The molecule has 0 heterocycles. The van der Waals surface area contributed by atoms with Gasteiger partial charge in [0.25, 0.3) is 0 Å². The molecule has 0 saturated heterocycles. The lowest BCUT2D eigenvalue weighted by molar-refractivity contribution is 0.149. The molecule has 0 bridgehead atoms. The van der Waals surface area contributed by atoms with Gasteiger partial charge in [-0.15, -0.1) is 0 Å². The van der Waals surface area contributed by atoms with Gasteiger partial charge < -0.3 is 4.90 Å². The molecule has 0 aromatic heterocycles. The topological polar surface area (TPSA) is 39.1 Å². The maximum Gasteiger partial charge on any atom is 0.105 e. The van der Waals surface area contributed by atoms with Gasteiger partial charge in [-0.25, -0.2) is 0 Å². The van der Waals surface area contributed by atoms with Crippen LogP contribution in [0.4, 0.5) is 0 Å². The van der Waals surface area contributed by atoms with Gasteiger partial charge in [0, 0.05) is 12.6 Å². The fourth-order valence-electron chi connectivity index (χ4n) is 1.99. The molecule has 3 nitrogen and oxygen atoms in total. The summed E-state index contributed by atoms with van der Waals surface area (Å²) in [4.78, 5) is 2.41. The number of nitriles is 1. The predicted molar refractivity (Wildman–Crippen MR) is 67.2 cm³/mol. The maximum atomic E-state index is 9.20. The van der Waals surface area contributed by atoms with Gasteiger partial charge in [-0.05, 0) is 46.2 Å². The van der Waals surface area contributed by atoms with Crippen LogP contribution in [0.15, 0.2) is 0 Å². The first-order chi connectivity index (χ1) is 7.61. The summed E-state index contributed by atoms with van der Waals surface area (Å²) in [7, 11) is 2.18. The molecule has 0 spiro atoms. The van der Waals surface area contributed by atoms with E-state index >= 15 is 0 Å². The van der Waals surface area contributed by atoms with E-state index in [1.54, 1.807) is 0 Å². The second-order valence-electron chi connectivity index (χ2n) is 5.19. The van der Waals surface area contributed by atoms with Gasteiger partial charge in [0.1, 0.15) is 5.54 Å². The Morgan fingerprint density at radius 3 is 2.62 bits per heavy atom. The van der Waals surface area contributed by atoms with E-state index in [-0.39, 0.29) is 5.54 Å². The number of nitrogens with one attached hydrogen (secondary N) is 1. The SMILES string of the molecule is CCCNC(C)(C#N)CCN(C)C1CCC1. The van der Waals surface area contributed by atoms with E-state index in [9.17, 15) is 5.26 Å². The molecule has 1 saturated carbocycles. The monoisotopic (exact) mass is 223 g/mol. The zero-order valence-electron chi connectivity index (χ0n) is 10.9. The lowest BCUT2D eigenvalue weighted by Gasteiger charge is -2.36. The molecule has 0 amide bonds. The van der Waals surface area contributed by atoms with E-state index in [0.717, 1.165) is 32.0 Å². The van der Waals surface area contributed by atoms with E-state index in [1.165, 1.54) is 19.3 Å². The fourth-order valence-corrected chi connectivity index (χ4v) is 1.99. The van der Waals surface area contributed by atoms with Crippen molar-refractivity contribution in [3.8, 4) is 6.07 Å². The molecule has 1 aliphatic rings. The molecular weight excluding hydrogens is 198 g/mol. The van der Waals surface area contributed by atoms with Crippen molar-refractivity contribution in [2.24, 2.45) is 0 Å². The minimum Gasteiger partial charge on any atom is -0.303 e. The molecule has 3 heteroatoms. The minimum atomic E-state index is -0.353. The van der Waals surface area contributed by atoms with Crippen LogP contribution in [0.1, 0.15) is 46.0 Å². The molecule has 1 rings (SSSR count). The summed E-state index contributed by atoms with van der Waals surface area (Å²) in [5, 5.41) is 12.5. The van der Waals surface area contributed by atoms with Gasteiger partial charge in [-0.3, -0.25) is 5.32 Å². The van der Waals surface area contributed by atoms with Crippen molar-refractivity contribution in [1.82, 2.24) is 10.2 Å². The Bertz CT molecular complexity index is 242. The molecule has 16 heavy (non-hydrogen) atoms. The minimum absolute atomic E-state index is 0.353. The average Bonchev–Trinajstić information content (AvgIpc) is 2.21. The molecule has 1 unspecified atom stereocenters. The third-order valence-electron chi connectivity index (χ3n) is 3.67. The molecule has 1 atom stereocenters. The normalized spacial score (nSPS) is 20.2. The maximum absolute atomic E-state index is 9.20. The summed E-state index contributed by atoms with van der Waals surface area (Å²) in [6.45, 7) is 6.09. The third kappa shape index (κ3) is 3.77. The second kappa shape index (κ2) is 6.22. The highest BCUT2D eigenvalue weighted by atomic mass is 15.1. The van der Waals surface area contributed by atoms with E-state index in [2.05, 4.69) is 30.3 Å². The summed E-state index contributed by atoms with van der Waals surface area (Å²) >= 11 is 0. The Hall–Kier alpha value is -0.590. The summed E-state index contributed by atoms with van der Waals surface area (Å²) in [5.41, 5.74) is -0.353. The van der Waals surface area contributed by atoms with E-state index in [0.29, 0.717) is 0 Å². The quantitative estimate of drug-likeness (QED) is 0.719. The summed E-state index contributed by atoms with van der Waals surface area (Å²) < 4.78 is 0. The first-order valence-corrected chi connectivity index (χ1v) is 6.48. The largest absolute Gasteiger partial charge is 0.303 e. The Morgan fingerprint density at radius 1 is 1.50 bits per heavy atom. The highest BCUT2D eigenvalue weighted by molar-refractivity contribution is 5.04. The Labute approximate surface area is 99.8 Å². The molecule has 1 N–H and O–H groups in total. The zero-order chi connectivity index (χ0) is 12.0. The van der Waals surface area contributed by atoms with Crippen LogP contribution in [-0.4, -0.2) is 36.6 Å². The first-order valence-electron chi connectivity index (χ1n) is 6.48. The van der Waals surface area contributed by atoms with Crippen molar-refractivity contribution >= 4 is 0 Å². The van der Waals surface area contributed by atoms with Crippen LogP contribution in [0, 0.1) is 11.3 Å². The fraction of sp³-hybridized carbons (Fsp3) is 0.923. The van der Waals surface area contributed by atoms with Crippen molar-refractivity contribution in [2.45, 2.75) is 57.5 Å². The van der Waals surface area contributed by atoms with Crippen LogP contribution in [0.5, 0.6) is 0 Å². The Balaban J connectivity index is 2.29. The smallest absolute Gasteiger partial charge is 0.105 e. The lowest BCUT2D eigenvalue weighted by Crippen LogP contribution is -2.46. The van der Waals surface area contributed by atoms with Crippen molar-refractivity contribution in [1.29, 1.82) is 5.26 Å². The first kappa shape index (κ1) is 13.5. The van der Waals surface area contributed by atoms with Crippen LogP contribution in [0.25, 0.3) is 0 Å². The second-order valence-corrected chi connectivity index (χ2v) is 5.19. The summed E-state index contributed by atoms with van der Waals surface area (Å²) in [6, 6.07) is 3.18. The van der Waals surface area contributed by atoms with Gasteiger partial charge >= 0.3 is 0 Å². The predicted octanol–water partition coefficient (Wildman–Crippen LogP) is 2.14. The molecule has 1 fully saturated rings. The Morgan fingerprint density at radius 2 is 2.19 bits per heavy atom. The van der Waals surface area contributed by atoms with Crippen LogP contribution < -0.4 is 5.32 Å². The van der Waals surface area contributed by atoms with E-state index in [1.807, 2.05) is 6.92 Å². The van der Waals surface area contributed by atoms with E-state index in [4.69, 9.17) is 0 Å². The van der Waals surface area contributed by atoms with Gasteiger partial charge in [0.05, 0.1) is 6.07 Å². The average molecular weight is 223 g/mol. The van der Waals surface area contributed by atoms with Crippen LogP contribution in [0.2, 0.25) is 0 Å². The van der Waals surface area contributed by atoms with E-state index < -0.39 is 0 Å². The Kier molecular flexibility index (Phi) is 5.24. The standard InChI is InChI=1S/C13H25N3/c1-4-9-15-13(2,11-14)8-10-16(3)12-6-5-7-12/h12,15H,4-10H2,1-3H3. The van der Waals surface area contributed by atoms with Gasteiger partial charge in [0.2, 0.25) is 0 Å². The van der Waals surface area contributed by atoms with Crippen molar-refractivity contribution in [3.63, 3.8) is 0 Å². The molecular formula is C13H25N3. The molecule has 0 radical (unpaired) electrons. The molecule has 0 aliphatic heterocycles. The summed E-state index contributed by atoms with van der Waals surface area (Å²) in [6.07, 6.45) is 6.04. The highest BCUT2D eigenvalue weighted by Crippen LogP contribution is 2.24. The number of nitrogens with zero attached hydrogens (tertiary/aromatic N) is 2. The molecule has 0 aromatic carbocycles. The van der Waals surface area contributed by atoms with Crippen molar-refractivity contribution < 1.29 is 0 Å². The van der Waals surface area contributed by atoms with Crippen molar-refractivity contribution in [3.05, 3.63) is 0 Å². The molecule has 92 valence electrons. The summed E-state index contributed by atoms with van der Waals surface area (Å²) in [5.74, 6) is 0. The number of hydrogen-bond donors (Lipinski definition) is 1. The third-order valence-corrected chi connectivity index (χ3v) is 3.67. The van der Waals surface area contributed by atoms with Gasteiger partial charge in [0.15, 0.2) is 0 Å². The molecule has 0 aromatic rings. The van der Waals surface area contributed by atoms with Crippen molar-refractivity contribution in [2.75, 3.05) is 20.1 Å². The number of rotatable bonds is 7. The lowest BCUT2D eigenvalue weighted by atomic mass is 9.91. The molecule has 1 aliphatic carbocycles. The zero-order valence-corrected chi connectivity index (χ0v) is 10.9. The van der Waals surface area contributed by atoms with Crippen LogP contribution in [0.3, 0.4) is 0 Å². The van der Waals surface area contributed by atoms with Gasteiger partial charge in [-0.2, -0.15) is 5.26 Å². The number of hydrogen-bond acceptors (Lipinski definition) is 3. The van der Waals surface area contributed by atoms with Gasteiger partial charge in [-0.1, -0.05) is 13.3 Å². The van der Waals surface area contributed by atoms with Crippen LogP contribution >= 0.6 is 0 Å². The highest BCUT2D eigenvalue weighted by Gasteiger charge is 2.26.